The number of halogens is 1. The average molecular weight is 471 g/mol. The lowest BCUT2D eigenvalue weighted by Gasteiger charge is -2.26. The third kappa shape index (κ3) is 6.05. The van der Waals surface area contributed by atoms with Gasteiger partial charge in [0.15, 0.2) is 6.61 Å². The van der Waals surface area contributed by atoms with E-state index in [0.717, 1.165) is 74.7 Å². The highest BCUT2D eigenvalue weighted by Crippen LogP contribution is 2.23. The van der Waals surface area contributed by atoms with Gasteiger partial charge in [0, 0.05) is 30.3 Å². The molecule has 1 N–H and O–H groups in total. The molecule has 1 amide bonds. The van der Waals surface area contributed by atoms with E-state index in [0.29, 0.717) is 16.5 Å². The summed E-state index contributed by atoms with van der Waals surface area (Å²) in [5.74, 6) is 1.45. The summed E-state index contributed by atoms with van der Waals surface area (Å²) in [6.45, 7) is 9.14. The number of rotatable bonds is 9. The van der Waals surface area contributed by atoms with Crippen molar-refractivity contribution in [3.05, 3.63) is 52.8 Å². The number of carbonyl (C=O) groups excluding carboxylic acids is 1. The zero-order chi connectivity index (χ0) is 23.2. The van der Waals surface area contributed by atoms with Crippen molar-refractivity contribution >= 4 is 34.2 Å². The maximum Gasteiger partial charge on any atom is 0.262 e. The van der Waals surface area contributed by atoms with Crippen LogP contribution in [-0.4, -0.2) is 53.3 Å². The van der Waals surface area contributed by atoms with Crippen LogP contribution in [0.3, 0.4) is 0 Å². The molecular formula is C25H31ClN4O3. The van der Waals surface area contributed by atoms with Crippen LogP contribution in [0.2, 0.25) is 5.02 Å². The van der Waals surface area contributed by atoms with Gasteiger partial charge in [-0.25, -0.2) is 4.98 Å². The first kappa shape index (κ1) is 23.5. The summed E-state index contributed by atoms with van der Waals surface area (Å²) < 4.78 is 13.4. The number of unbranched alkanes of at least 4 members (excludes halogenated alkanes) is 1. The quantitative estimate of drug-likeness (QED) is 0.493. The van der Waals surface area contributed by atoms with Crippen LogP contribution in [0.25, 0.3) is 11.0 Å². The van der Waals surface area contributed by atoms with E-state index in [4.69, 9.17) is 26.1 Å². The van der Waals surface area contributed by atoms with Gasteiger partial charge >= 0.3 is 0 Å². The van der Waals surface area contributed by atoms with Crippen LogP contribution >= 0.6 is 11.6 Å². The Balaban J connectivity index is 1.45. The van der Waals surface area contributed by atoms with E-state index in [1.807, 2.05) is 31.2 Å². The zero-order valence-electron chi connectivity index (χ0n) is 19.3. The molecule has 4 rings (SSSR count). The monoisotopic (exact) mass is 470 g/mol. The van der Waals surface area contributed by atoms with Crippen LogP contribution in [0, 0.1) is 6.92 Å². The average Bonchev–Trinajstić information content (AvgIpc) is 3.15. The van der Waals surface area contributed by atoms with Crippen molar-refractivity contribution in [3.8, 4) is 5.75 Å². The van der Waals surface area contributed by atoms with Crippen molar-refractivity contribution in [1.29, 1.82) is 0 Å². The van der Waals surface area contributed by atoms with E-state index in [-0.39, 0.29) is 12.5 Å². The molecule has 0 spiro atoms. The summed E-state index contributed by atoms with van der Waals surface area (Å²) in [5.41, 5.74) is 3.60. The molecule has 1 saturated heterocycles. The second kappa shape index (κ2) is 11.0. The molecule has 3 aromatic rings. The standard InChI is InChI=1S/C25H31ClN4O3/c1-3-4-9-30-23-8-5-19(15-22(23)28-24(30)16-29-10-12-32-13-11-29)27-25(31)17-33-20-6-7-21(26)18(2)14-20/h5-8,14-15H,3-4,9-13,16-17H2,1-2H3,(H,27,31). The van der Waals surface area contributed by atoms with Crippen LogP contribution in [-0.2, 0) is 22.6 Å². The minimum absolute atomic E-state index is 0.0771. The number of anilines is 1. The topological polar surface area (TPSA) is 68.6 Å². The first-order valence-electron chi connectivity index (χ1n) is 11.5. The number of ether oxygens (including phenoxy) is 2. The molecule has 0 atom stereocenters. The molecule has 176 valence electrons. The first-order chi connectivity index (χ1) is 16.0. The van der Waals surface area contributed by atoms with E-state index in [1.54, 1.807) is 12.1 Å². The highest BCUT2D eigenvalue weighted by molar-refractivity contribution is 6.31. The Hall–Kier alpha value is -2.61. The fraction of sp³-hybridized carbons (Fsp3) is 0.440. The Morgan fingerprint density at radius 1 is 1.21 bits per heavy atom. The second-order valence-electron chi connectivity index (χ2n) is 8.37. The summed E-state index contributed by atoms with van der Waals surface area (Å²) in [5, 5.41) is 3.59. The highest BCUT2D eigenvalue weighted by atomic mass is 35.5. The summed E-state index contributed by atoms with van der Waals surface area (Å²) in [6, 6.07) is 11.2. The summed E-state index contributed by atoms with van der Waals surface area (Å²) >= 11 is 6.04. The van der Waals surface area contributed by atoms with E-state index in [9.17, 15) is 4.79 Å². The molecule has 2 heterocycles. The van der Waals surface area contributed by atoms with E-state index >= 15 is 0 Å². The molecule has 1 aromatic heterocycles. The van der Waals surface area contributed by atoms with Gasteiger partial charge in [0.25, 0.3) is 5.91 Å². The lowest BCUT2D eigenvalue weighted by molar-refractivity contribution is -0.118. The number of benzene rings is 2. The summed E-state index contributed by atoms with van der Waals surface area (Å²) in [4.78, 5) is 19.7. The van der Waals surface area contributed by atoms with Crippen LogP contribution in [0.4, 0.5) is 5.69 Å². The lowest BCUT2D eigenvalue weighted by atomic mass is 10.2. The third-order valence-corrected chi connectivity index (χ3v) is 6.24. The van der Waals surface area contributed by atoms with Crippen LogP contribution in [0.1, 0.15) is 31.2 Å². The molecule has 8 heteroatoms. The van der Waals surface area contributed by atoms with Gasteiger partial charge in [-0.3, -0.25) is 9.69 Å². The number of carbonyl (C=O) groups is 1. The van der Waals surface area contributed by atoms with E-state index in [1.165, 1.54) is 0 Å². The molecule has 0 bridgehead atoms. The molecule has 0 radical (unpaired) electrons. The smallest absolute Gasteiger partial charge is 0.262 e. The molecule has 33 heavy (non-hydrogen) atoms. The molecule has 2 aromatic carbocycles. The summed E-state index contributed by atoms with van der Waals surface area (Å²) in [6.07, 6.45) is 2.22. The normalized spacial score (nSPS) is 14.5. The number of imidazole rings is 1. The van der Waals surface area contributed by atoms with Crippen molar-refractivity contribution < 1.29 is 14.3 Å². The van der Waals surface area contributed by atoms with Crippen molar-refractivity contribution in [3.63, 3.8) is 0 Å². The minimum atomic E-state index is -0.221. The van der Waals surface area contributed by atoms with Crippen molar-refractivity contribution in [1.82, 2.24) is 14.5 Å². The number of aryl methyl sites for hydroxylation is 2. The Kier molecular flexibility index (Phi) is 7.85. The number of aromatic nitrogens is 2. The maximum atomic E-state index is 12.4. The molecule has 1 fully saturated rings. The Labute approximate surface area is 199 Å². The molecule has 1 aliphatic rings. The van der Waals surface area contributed by atoms with E-state index < -0.39 is 0 Å². The van der Waals surface area contributed by atoms with Gasteiger partial charge in [-0.2, -0.15) is 0 Å². The number of morpholine rings is 1. The number of hydrogen-bond acceptors (Lipinski definition) is 5. The third-order valence-electron chi connectivity index (χ3n) is 5.81. The van der Waals surface area contributed by atoms with Gasteiger partial charge in [-0.1, -0.05) is 24.9 Å². The molecule has 0 unspecified atom stereocenters. The fourth-order valence-corrected chi connectivity index (χ4v) is 4.07. The van der Waals surface area contributed by atoms with Crippen LogP contribution in [0.15, 0.2) is 36.4 Å². The number of hydrogen-bond donors (Lipinski definition) is 1. The first-order valence-corrected chi connectivity index (χ1v) is 11.9. The molecule has 0 saturated carbocycles. The highest BCUT2D eigenvalue weighted by Gasteiger charge is 2.17. The van der Waals surface area contributed by atoms with Gasteiger partial charge in [-0.05, 0) is 55.3 Å². The Bertz CT molecular complexity index is 1110. The van der Waals surface area contributed by atoms with Crippen LogP contribution < -0.4 is 10.1 Å². The van der Waals surface area contributed by atoms with Crippen molar-refractivity contribution in [2.45, 2.75) is 39.8 Å². The van der Waals surface area contributed by atoms with Gasteiger partial charge in [0.2, 0.25) is 0 Å². The van der Waals surface area contributed by atoms with Gasteiger partial charge < -0.3 is 19.4 Å². The summed E-state index contributed by atoms with van der Waals surface area (Å²) in [7, 11) is 0. The molecule has 0 aliphatic carbocycles. The molecular weight excluding hydrogens is 440 g/mol. The van der Waals surface area contributed by atoms with Gasteiger partial charge in [-0.15, -0.1) is 0 Å². The second-order valence-corrected chi connectivity index (χ2v) is 8.78. The molecule has 7 nitrogen and oxygen atoms in total. The number of amides is 1. The van der Waals surface area contributed by atoms with E-state index in [2.05, 4.69) is 21.7 Å². The van der Waals surface area contributed by atoms with Crippen LogP contribution in [0.5, 0.6) is 5.75 Å². The Morgan fingerprint density at radius 3 is 2.79 bits per heavy atom. The number of fused-ring (bicyclic) bond motifs is 1. The number of nitrogens with zero attached hydrogens (tertiary/aromatic N) is 3. The van der Waals surface area contributed by atoms with Crippen molar-refractivity contribution in [2.75, 3.05) is 38.2 Å². The fourth-order valence-electron chi connectivity index (χ4n) is 3.96. The maximum absolute atomic E-state index is 12.4. The van der Waals surface area contributed by atoms with Gasteiger partial charge in [0.05, 0.1) is 30.8 Å². The van der Waals surface area contributed by atoms with Gasteiger partial charge in [0.1, 0.15) is 11.6 Å². The molecule has 1 aliphatic heterocycles. The number of nitrogens with one attached hydrogen (secondary N) is 1. The minimum Gasteiger partial charge on any atom is -0.484 e. The Morgan fingerprint density at radius 2 is 2.03 bits per heavy atom. The predicted octanol–water partition coefficient (Wildman–Crippen LogP) is 4.65. The SMILES string of the molecule is CCCCn1c(CN2CCOCC2)nc2cc(NC(=O)COc3ccc(Cl)c(C)c3)ccc21. The largest absolute Gasteiger partial charge is 0.484 e. The lowest BCUT2D eigenvalue weighted by Crippen LogP contribution is -2.36. The van der Waals surface area contributed by atoms with Crippen molar-refractivity contribution in [2.24, 2.45) is 0 Å². The predicted molar refractivity (Wildman–Crippen MR) is 131 cm³/mol. The zero-order valence-corrected chi connectivity index (χ0v) is 20.0.